The lowest BCUT2D eigenvalue weighted by molar-refractivity contribution is 0.408. The van der Waals surface area contributed by atoms with E-state index in [1.165, 1.54) is 0 Å². The third kappa shape index (κ3) is 2.91. The van der Waals surface area contributed by atoms with Gasteiger partial charge in [0.05, 0.1) is 19.6 Å². The van der Waals surface area contributed by atoms with Crippen LogP contribution >= 0.6 is 11.6 Å². The number of aryl methyl sites for hydroxylation is 2. The van der Waals surface area contributed by atoms with Crippen LogP contribution in [-0.4, -0.2) is 14.2 Å². The summed E-state index contributed by atoms with van der Waals surface area (Å²) >= 11 is 6.58. The Balaban J connectivity index is 2.34. The molecule has 0 aliphatic heterocycles. The molecule has 0 aliphatic carbocycles. The number of methoxy groups -OCH3 is 2. The molecule has 3 heteroatoms. The molecule has 2 rings (SSSR count). The van der Waals surface area contributed by atoms with Crippen molar-refractivity contribution in [2.75, 3.05) is 14.2 Å². The van der Waals surface area contributed by atoms with Crippen molar-refractivity contribution in [2.45, 2.75) is 19.2 Å². The quantitative estimate of drug-likeness (QED) is 0.763. The van der Waals surface area contributed by atoms with E-state index in [2.05, 4.69) is 12.1 Å². The van der Waals surface area contributed by atoms with Gasteiger partial charge in [0, 0.05) is 0 Å². The van der Waals surface area contributed by atoms with Crippen molar-refractivity contribution >= 4 is 11.6 Å². The summed E-state index contributed by atoms with van der Waals surface area (Å²) in [6.45, 7) is 4.07. The van der Waals surface area contributed by atoms with Gasteiger partial charge in [0.2, 0.25) is 0 Å². The maximum Gasteiger partial charge on any atom is 0.124 e. The summed E-state index contributed by atoms with van der Waals surface area (Å²) in [5, 5.41) is -0.177. The third-order valence-electron chi connectivity index (χ3n) is 3.39. The zero-order valence-electron chi connectivity index (χ0n) is 12.2. The minimum atomic E-state index is -0.177. The van der Waals surface area contributed by atoms with E-state index < -0.39 is 0 Å². The summed E-state index contributed by atoms with van der Waals surface area (Å²) in [4.78, 5) is 0. The van der Waals surface area contributed by atoms with Crippen molar-refractivity contribution in [2.24, 2.45) is 0 Å². The first kappa shape index (κ1) is 14.7. The van der Waals surface area contributed by atoms with Gasteiger partial charge in [-0.15, -0.1) is 11.6 Å². The number of ether oxygens (including phenoxy) is 2. The van der Waals surface area contributed by atoms with Gasteiger partial charge in [-0.05, 0) is 48.2 Å². The highest BCUT2D eigenvalue weighted by molar-refractivity contribution is 6.22. The maximum atomic E-state index is 6.58. The number of rotatable bonds is 4. The molecule has 0 aromatic heterocycles. The lowest BCUT2D eigenvalue weighted by Crippen LogP contribution is -1.98. The molecule has 106 valence electrons. The first-order chi connectivity index (χ1) is 9.56. The Kier molecular flexibility index (Phi) is 4.56. The first-order valence-electron chi connectivity index (χ1n) is 6.50. The topological polar surface area (TPSA) is 18.5 Å². The van der Waals surface area contributed by atoms with Crippen LogP contribution in [0.4, 0.5) is 0 Å². The molecule has 0 spiro atoms. The van der Waals surface area contributed by atoms with Gasteiger partial charge in [0.1, 0.15) is 11.5 Å². The third-order valence-corrected chi connectivity index (χ3v) is 3.89. The Hall–Kier alpha value is -1.67. The van der Waals surface area contributed by atoms with E-state index in [9.17, 15) is 0 Å². The number of hydrogen-bond donors (Lipinski definition) is 0. The molecule has 0 amide bonds. The number of benzene rings is 2. The lowest BCUT2D eigenvalue weighted by Gasteiger charge is -2.15. The smallest absolute Gasteiger partial charge is 0.124 e. The molecule has 2 aromatic carbocycles. The van der Waals surface area contributed by atoms with Crippen molar-refractivity contribution < 1.29 is 9.47 Å². The largest absolute Gasteiger partial charge is 0.497 e. The molecule has 0 saturated carbocycles. The van der Waals surface area contributed by atoms with Crippen LogP contribution in [0.1, 0.15) is 27.6 Å². The lowest BCUT2D eigenvalue weighted by atomic mass is 9.99. The van der Waals surface area contributed by atoms with Crippen LogP contribution in [0.2, 0.25) is 0 Å². The zero-order valence-corrected chi connectivity index (χ0v) is 13.0. The van der Waals surface area contributed by atoms with Crippen LogP contribution in [0.15, 0.2) is 36.4 Å². The Morgan fingerprint density at radius 1 is 0.850 bits per heavy atom. The molecule has 2 nitrogen and oxygen atoms in total. The van der Waals surface area contributed by atoms with Crippen molar-refractivity contribution in [3.05, 3.63) is 58.7 Å². The van der Waals surface area contributed by atoms with Crippen molar-refractivity contribution in [1.82, 2.24) is 0 Å². The minimum Gasteiger partial charge on any atom is -0.497 e. The number of alkyl halides is 1. The molecule has 0 N–H and O–H groups in total. The van der Waals surface area contributed by atoms with Crippen LogP contribution < -0.4 is 9.47 Å². The van der Waals surface area contributed by atoms with Crippen LogP contribution in [-0.2, 0) is 0 Å². The van der Waals surface area contributed by atoms with Gasteiger partial charge >= 0.3 is 0 Å². The number of halogens is 1. The van der Waals surface area contributed by atoms with Gasteiger partial charge < -0.3 is 9.47 Å². The molecule has 0 radical (unpaired) electrons. The molecule has 0 saturated heterocycles. The van der Waals surface area contributed by atoms with Gasteiger partial charge in [-0.1, -0.05) is 24.3 Å². The normalized spacial score (nSPS) is 12.1. The fraction of sp³-hybridized carbons (Fsp3) is 0.294. The molecule has 0 fully saturated rings. The second kappa shape index (κ2) is 6.19. The Bertz CT molecular complexity index is 567. The van der Waals surface area contributed by atoms with E-state index in [0.717, 1.165) is 33.8 Å². The van der Waals surface area contributed by atoms with Crippen LogP contribution in [0, 0.1) is 13.8 Å². The summed E-state index contributed by atoms with van der Waals surface area (Å²) in [6.07, 6.45) is 0. The van der Waals surface area contributed by atoms with Crippen LogP contribution in [0.3, 0.4) is 0 Å². The van der Waals surface area contributed by atoms with Crippen molar-refractivity contribution in [3.8, 4) is 11.5 Å². The molecule has 2 aromatic rings. The molecular formula is C17H19ClO2. The van der Waals surface area contributed by atoms with E-state index in [1.807, 2.05) is 38.1 Å². The summed E-state index contributed by atoms with van der Waals surface area (Å²) in [5.41, 5.74) is 4.33. The van der Waals surface area contributed by atoms with Crippen molar-refractivity contribution in [1.29, 1.82) is 0 Å². The second-order valence-electron chi connectivity index (χ2n) is 4.82. The fourth-order valence-corrected chi connectivity index (χ4v) is 2.69. The summed E-state index contributed by atoms with van der Waals surface area (Å²) in [5.74, 6) is 1.76. The summed E-state index contributed by atoms with van der Waals surface area (Å²) in [6, 6.07) is 12.0. The Morgan fingerprint density at radius 3 is 1.85 bits per heavy atom. The van der Waals surface area contributed by atoms with E-state index in [1.54, 1.807) is 14.2 Å². The van der Waals surface area contributed by atoms with Crippen molar-refractivity contribution in [3.63, 3.8) is 0 Å². The van der Waals surface area contributed by atoms with Gasteiger partial charge in [0.15, 0.2) is 0 Å². The molecule has 1 atom stereocenters. The average molecular weight is 291 g/mol. The van der Waals surface area contributed by atoms with Gasteiger partial charge in [-0.2, -0.15) is 0 Å². The molecule has 0 bridgehead atoms. The highest BCUT2D eigenvalue weighted by Gasteiger charge is 2.14. The predicted molar refractivity (Wildman–Crippen MR) is 83.2 cm³/mol. The summed E-state index contributed by atoms with van der Waals surface area (Å²) in [7, 11) is 3.35. The molecule has 0 heterocycles. The molecular weight excluding hydrogens is 272 g/mol. The highest BCUT2D eigenvalue weighted by atomic mass is 35.5. The highest BCUT2D eigenvalue weighted by Crippen LogP contribution is 2.34. The average Bonchev–Trinajstić information content (AvgIpc) is 2.46. The van der Waals surface area contributed by atoms with Crippen LogP contribution in [0.25, 0.3) is 0 Å². The van der Waals surface area contributed by atoms with E-state index in [0.29, 0.717) is 0 Å². The zero-order chi connectivity index (χ0) is 14.7. The standard InChI is InChI=1S/C17H19ClO2/c1-11-9-14(10-12(2)17(11)20-4)16(18)13-5-7-15(19-3)8-6-13/h5-10,16H,1-4H3. The van der Waals surface area contributed by atoms with E-state index >= 15 is 0 Å². The predicted octanol–water partition coefficient (Wildman–Crippen LogP) is 4.65. The monoisotopic (exact) mass is 290 g/mol. The Morgan fingerprint density at radius 2 is 1.40 bits per heavy atom. The number of hydrogen-bond acceptors (Lipinski definition) is 2. The van der Waals surface area contributed by atoms with E-state index in [4.69, 9.17) is 21.1 Å². The molecule has 1 unspecified atom stereocenters. The first-order valence-corrected chi connectivity index (χ1v) is 6.93. The van der Waals surface area contributed by atoms with E-state index in [-0.39, 0.29) is 5.38 Å². The fourth-order valence-electron chi connectivity index (χ4n) is 2.42. The van der Waals surface area contributed by atoms with Crippen LogP contribution in [0.5, 0.6) is 11.5 Å². The van der Waals surface area contributed by atoms with Gasteiger partial charge in [-0.3, -0.25) is 0 Å². The maximum absolute atomic E-state index is 6.58. The summed E-state index contributed by atoms with van der Waals surface area (Å²) < 4.78 is 10.6. The molecule has 0 aliphatic rings. The van der Waals surface area contributed by atoms with Gasteiger partial charge in [-0.25, -0.2) is 0 Å². The minimum absolute atomic E-state index is 0.177. The molecule has 20 heavy (non-hydrogen) atoms. The SMILES string of the molecule is COc1ccc(C(Cl)c2cc(C)c(OC)c(C)c2)cc1. The van der Waals surface area contributed by atoms with Gasteiger partial charge in [0.25, 0.3) is 0 Å². The Labute approximate surface area is 125 Å². The second-order valence-corrected chi connectivity index (χ2v) is 5.26.